The smallest absolute Gasteiger partial charge is 0.317 e. The van der Waals surface area contributed by atoms with Crippen LogP contribution >= 0.6 is 0 Å². The Morgan fingerprint density at radius 3 is 2.08 bits per heavy atom. The maximum absolute atomic E-state index is 12.3. The van der Waals surface area contributed by atoms with E-state index in [-0.39, 0.29) is 6.03 Å². The molecule has 2 amide bonds. The molecular weight excluding hydrogens is 310 g/mol. The second-order valence-corrected chi connectivity index (χ2v) is 6.56. The largest absolute Gasteiger partial charge is 0.334 e. The number of urea groups is 1. The second-order valence-electron chi connectivity index (χ2n) is 6.56. The Hall–Kier alpha value is -2.33. The zero-order valence-electron chi connectivity index (χ0n) is 14.7. The van der Waals surface area contributed by atoms with E-state index in [2.05, 4.69) is 40.5 Å². The molecule has 3 rings (SSSR count). The Morgan fingerprint density at radius 2 is 1.44 bits per heavy atom. The van der Waals surface area contributed by atoms with E-state index in [9.17, 15) is 4.79 Å². The lowest BCUT2D eigenvalue weighted by molar-refractivity contribution is 0.138. The van der Waals surface area contributed by atoms with Crippen LogP contribution in [0, 0.1) is 0 Å². The number of rotatable bonds is 6. The molecule has 0 unspecified atom stereocenters. The summed E-state index contributed by atoms with van der Waals surface area (Å²) in [5.41, 5.74) is 2.54. The van der Waals surface area contributed by atoms with Gasteiger partial charge in [-0.05, 0) is 30.5 Å². The first-order chi connectivity index (χ1) is 12.3. The van der Waals surface area contributed by atoms with Crippen molar-refractivity contribution in [3.8, 4) is 0 Å². The Morgan fingerprint density at radius 1 is 0.840 bits per heavy atom. The lowest BCUT2D eigenvalue weighted by Crippen LogP contribution is -2.51. The minimum Gasteiger partial charge on any atom is -0.334 e. The van der Waals surface area contributed by atoms with Gasteiger partial charge in [0.2, 0.25) is 0 Å². The maximum Gasteiger partial charge on any atom is 0.317 e. The van der Waals surface area contributed by atoms with E-state index in [1.807, 2.05) is 35.2 Å². The summed E-state index contributed by atoms with van der Waals surface area (Å²) in [5, 5.41) is 3.02. The van der Waals surface area contributed by atoms with Crippen molar-refractivity contribution in [1.82, 2.24) is 15.1 Å². The van der Waals surface area contributed by atoms with Crippen molar-refractivity contribution in [3.63, 3.8) is 0 Å². The summed E-state index contributed by atoms with van der Waals surface area (Å²) in [4.78, 5) is 16.7. The highest BCUT2D eigenvalue weighted by Gasteiger charge is 2.20. The van der Waals surface area contributed by atoms with Crippen LogP contribution in [0.5, 0.6) is 0 Å². The van der Waals surface area contributed by atoms with Crippen LogP contribution in [-0.2, 0) is 13.0 Å². The molecular formula is C21H27N3O. The molecule has 2 aromatic rings. The number of aryl methyl sites for hydroxylation is 1. The Kier molecular flexibility index (Phi) is 6.46. The highest BCUT2D eigenvalue weighted by molar-refractivity contribution is 5.74. The molecule has 0 radical (unpaired) electrons. The summed E-state index contributed by atoms with van der Waals surface area (Å²) in [6.07, 6.45) is 2.29. The fourth-order valence-corrected chi connectivity index (χ4v) is 3.21. The van der Waals surface area contributed by atoms with Crippen LogP contribution in [0.4, 0.5) is 4.79 Å². The summed E-state index contributed by atoms with van der Waals surface area (Å²) >= 11 is 0. The molecule has 0 aliphatic carbocycles. The van der Waals surface area contributed by atoms with E-state index in [1.54, 1.807) is 0 Å². The molecule has 0 atom stereocenters. The fraction of sp³-hybridized carbons (Fsp3) is 0.381. The van der Waals surface area contributed by atoms with Gasteiger partial charge >= 0.3 is 6.03 Å². The highest BCUT2D eigenvalue weighted by atomic mass is 16.2. The van der Waals surface area contributed by atoms with E-state index in [4.69, 9.17) is 0 Å². The van der Waals surface area contributed by atoms with E-state index in [0.717, 1.165) is 44.7 Å². The zero-order valence-corrected chi connectivity index (χ0v) is 14.7. The normalized spacial score (nSPS) is 15.1. The summed E-state index contributed by atoms with van der Waals surface area (Å²) in [5.74, 6) is 0. The number of carbonyl (C=O) groups is 1. The van der Waals surface area contributed by atoms with Crippen molar-refractivity contribution < 1.29 is 4.79 Å². The number of hydrogen-bond acceptors (Lipinski definition) is 2. The zero-order chi connectivity index (χ0) is 17.3. The lowest BCUT2D eigenvalue weighted by Gasteiger charge is -2.34. The third kappa shape index (κ3) is 5.61. The average Bonchev–Trinajstić information content (AvgIpc) is 2.68. The van der Waals surface area contributed by atoms with Gasteiger partial charge in [0.15, 0.2) is 0 Å². The van der Waals surface area contributed by atoms with E-state index in [1.165, 1.54) is 12.0 Å². The van der Waals surface area contributed by atoms with E-state index in [0.29, 0.717) is 6.54 Å². The first-order valence-corrected chi connectivity index (χ1v) is 9.14. The number of carbonyl (C=O) groups excluding carboxylic acids is 1. The Labute approximate surface area is 150 Å². The summed E-state index contributed by atoms with van der Waals surface area (Å²) in [6, 6.07) is 20.7. The molecule has 0 spiro atoms. The molecule has 4 nitrogen and oxygen atoms in total. The van der Waals surface area contributed by atoms with Crippen LogP contribution < -0.4 is 5.32 Å². The monoisotopic (exact) mass is 337 g/mol. The molecule has 1 aliphatic heterocycles. The molecule has 0 saturated carbocycles. The van der Waals surface area contributed by atoms with Crippen molar-refractivity contribution in [2.45, 2.75) is 19.4 Å². The number of nitrogens with one attached hydrogen (secondary N) is 1. The highest BCUT2D eigenvalue weighted by Crippen LogP contribution is 2.07. The first kappa shape index (κ1) is 17.5. The molecule has 25 heavy (non-hydrogen) atoms. The summed E-state index contributed by atoms with van der Waals surface area (Å²) in [7, 11) is 0. The third-order valence-electron chi connectivity index (χ3n) is 4.73. The van der Waals surface area contributed by atoms with Crippen molar-refractivity contribution in [2.24, 2.45) is 0 Å². The van der Waals surface area contributed by atoms with Gasteiger partial charge in [0.05, 0.1) is 0 Å². The molecule has 1 heterocycles. The van der Waals surface area contributed by atoms with Gasteiger partial charge in [-0.25, -0.2) is 4.79 Å². The van der Waals surface area contributed by atoms with Crippen molar-refractivity contribution in [3.05, 3.63) is 71.8 Å². The second kappa shape index (κ2) is 9.23. The van der Waals surface area contributed by atoms with Crippen LogP contribution in [0.15, 0.2) is 60.7 Å². The number of nitrogens with zero attached hydrogens (tertiary/aromatic N) is 2. The van der Waals surface area contributed by atoms with Gasteiger partial charge in [-0.1, -0.05) is 60.7 Å². The molecule has 4 heteroatoms. The fourth-order valence-electron chi connectivity index (χ4n) is 3.21. The molecule has 0 bridgehead atoms. The summed E-state index contributed by atoms with van der Waals surface area (Å²) < 4.78 is 0. The molecule has 1 fully saturated rings. The topological polar surface area (TPSA) is 35.6 Å². The van der Waals surface area contributed by atoms with Gasteiger partial charge in [-0.15, -0.1) is 0 Å². The van der Waals surface area contributed by atoms with Crippen LogP contribution in [0.25, 0.3) is 0 Å². The molecule has 1 N–H and O–H groups in total. The lowest BCUT2D eigenvalue weighted by atomic mass is 10.1. The van der Waals surface area contributed by atoms with Crippen LogP contribution in [0.1, 0.15) is 17.5 Å². The van der Waals surface area contributed by atoms with Crippen molar-refractivity contribution in [1.29, 1.82) is 0 Å². The van der Waals surface area contributed by atoms with Crippen molar-refractivity contribution in [2.75, 3.05) is 32.7 Å². The molecule has 1 saturated heterocycles. The van der Waals surface area contributed by atoms with Crippen LogP contribution in [0.2, 0.25) is 0 Å². The van der Waals surface area contributed by atoms with Gasteiger partial charge in [0.25, 0.3) is 0 Å². The number of hydrogen-bond donors (Lipinski definition) is 1. The van der Waals surface area contributed by atoms with Crippen LogP contribution in [0.3, 0.4) is 0 Å². The first-order valence-electron chi connectivity index (χ1n) is 9.14. The molecule has 2 aromatic carbocycles. The third-order valence-corrected chi connectivity index (χ3v) is 4.73. The SMILES string of the molecule is O=C(NCc1ccccc1)N1CCN(CCCc2ccccc2)CC1. The van der Waals surface area contributed by atoms with Gasteiger partial charge in [-0.2, -0.15) is 0 Å². The molecule has 1 aliphatic rings. The minimum atomic E-state index is 0.0489. The van der Waals surface area contributed by atoms with Gasteiger partial charge in [-0.3, -0.25) is 4.90 Å². The van der Waals surface area contributed by atoms with Gasteiger partial charge < -0.3 is 10.2 Å². The van der Waals surface area contributed by atoms with E-state index >= 15 is 0 Å². The number of piperazine rings is 1. The average molecular weight is 337 g/mol. The Bertz CT molecular complexity index is 637. The molecule has 0 aromatic heterocycles. The quantitative estimate of drug-likeness (QED) is 0.879. The predicted molar refractivity (Wildman–Crippen MR) is 101 cm³/mol. The number of benzene rings is 2. The summed E-state index contributed by atoms with van der Waals surface area (Å²) in [6.45, 7) is 5.25. The maximum atomic E-state index is 12.3. The number of amides is 2. The predicted octanol–water partition coefficient (Wildman–Crippen LogP) is 3.15. The van der Waals surface area contributed by atoms with E-state index < -0.39 is 0 Å². The standard InChI is InChI=1S/C21H27N3O/c25-21(22-18-20-10-5-2-6-11-20)24-16-14-23(15-17-24)13-7-12-19-8-3-1-4-9-19/h1-6,8-11H,7,12-18H2,(H,22,25). The minimum absolute atomic E-state index is 0.0489. The van der Waals surface area contributed by atoms with Gasteiger partial charge in [0.1, 0.15) is 0 Å². The van der Waals surface area contributed by atoms with Crippen LogP contribution in [-0.4, -0.2) is 48.6 Å². The van der Waals surface area contributed by atoms with Crippen molar-refractivity contribution >= 4 is 6.03 Å². The molecule has 132 valence electrons. The Balaban J connectivity index is 1.33. The van der Waals surface area contributed by atoms with Gasteiger partial charge in [0, 0.05) is 32.7 Å².